The number of nitrogens with one attached hydrogen (secondary N) is 1. The summed E-state index contributed by atoms with van der Waals surface area (Å²) in [6.45, 7) is 2.08. The molecular formula is C26H25BrN2O2S2. The summed E-state index contributed by atoms with van der Waals surface area (Å²) in [6.07, 6.45) is 3.91. The van der Waals surface area contributed by atoms with E-state index >= 15 is 0 Å². The molecule has 3 aromatic rings. The lowest BCUT2D eigenvalue weighted by molar-refractivity contribution is -0.116. The Hall–Kier alpha value is -1.83. The number of thioether (sulfide) groups is 1. The summed E-state index contributed by atoms with van der Waals surface area (Å²) in [5, 5.41) is 4.51. The van der Waals surface area contributed by atoms with Crippen molar-refractivity contribution in [1.82, 2.24) is 4.57 Å². The number of carbonyl (C=O) groups excluding carboxylic acids is 1. The Morgan fingerprint density at radius 2 is 1.82 bits per heavy atom. The lowest BCUT2D eigenvalue weighted by Crippen LogP contribution is -2.34. The van der Waals surface area contributed by atoms with E-state index in [4.69, 9.17) is 0 Å². The van der Waals surface area contributed by atoms with Crippen LogP contribution in [0.25, 0.3) is 0 Å². The van der Waals surface area contributed by atoms with Crippen molar-refractivity contribution >= 4 is 50.6 Å². The summed E-state index contributed by atoms with van der Waals surface area (Å²) >= 11 is 6.78. The van der Waals surface area contributed by atoms with Gasteiger partial charge in [-0.25, -0.2) is 0 Å². The monoisotopic (exact) mass is 540 g/mol. The second kappa shape index (κ2) is 8.43. The maximum absolute atomic E-state index is 13.1. The van der Waals surface area contributed by atoms with Crippen molar-refractivity contribution in [2.75, 3.05) is 5.32 Å². The number of aryl methyl sites for hydroxylation is 1. The molecular weight excluding hydrogens is 516 g/mol. The number of hydrogen-bond acceptors (Lipinski definition) is 4. The van der Waals surface area contributed by atoms with Gasteiger partial charge in [-0.05, 0) is 73.8 Å². The third-order valence-corrected chi connectivity index (χ3v) is 10.9. The summed E-state index contributed by atoms with van der Waals surface area (Å²) < 4.78 is 2.79. The Bertz CT molecular complexity index is 1260. The molecule has 2 aliphatic carbocycles. The molecule has 4 nitrogen and oxygen atoms in total. The van der Waals surface area contributed by atoms with Gasteiger partial charge in [0.15, 0.2) is 0 Å². The average molecular weight is 542 g/mol. The van der Waals surface area contributed by atoms with Gasteiger partial charge in [0, 0.05) is 26.2 Å². The van der Waals surface area contributed by atoms with Gasteiger partial charge < -0.3 is 5.32 Å². The number of aromatic nitrogens is 1. The number of benzene rings is 2. The van der Waals surface area contributed by atoms with E-state index in [1.165, 1.54) is 36.2 Å². The van der Waals surface area contributed by atoms with Crippen LogP contribution in [0.1, 0.15) is 41.2 Å². The summed E-state index contributed by atoms with van der Waals surface area (Å²) in [6, 6.07) is 16.4. The second-order valence-electron chi connectivity index (χ2n) is 9.56. The number of fused-ring (bicyclic) bond motifs is 6. The van der Waals surface area contributed by atoms with Gasteiger partial charge >= 0.3 is 4.87 Å². The Kier molecular flexibility index (Phi) is 5.54. The molecule has 0 spiro atoms. The SMILES string of the molecule is Cc1ccc(NC(=O)Cn2c3c(sc2=O)C(c2ccc(Br)cc2)C2C4CCC(C4)C2S3)cc1. The number of rotatable bonds is 4. The quantitative estimate of drug-likeness (QED) is 0.424. The van der Waals surface area contributed by atoms with Crippen molar-refractivity contribution in [3.63, 3.8) is 0 Å². The number of halogens is 1. The van der Waals surface area contributed by atoms with Gasteiger partial charge in [0.2, 0.25) is 5.91 Å². The van der Waals surface area contributed by atoms with Crippen molar-refractivity contribution in [3.8, 4) is 0 Å². The van der Waals surface area contributed by atoms with E-state index in [1.807, 2.05) is 43.0 Å². The van der Waals surface area contributed by atoms with Gasteiger partial charge in [-0.15, -0.1) is 11.8 Å². The van der Waals surface area contributed by atoms with Crippen LogP contribution < -0.4 is 10.2 Å². The maximum atomic E-state index is 13.1. The Morgan fingerprint density at radius 3 is 2.58 bits per heavy atom. The summed E-state index contributed by atoms with van der Waals surface area (Å²) in [5.41, 5.74) is 3.20. The molecule has 1 N–H and O–H groups in total. The first kappa shape index (κ1) is 21.7. The molecule has 3 aliphatic rings. The molecule has 0 radical (unpaired) electrons. The third-order valence-electron chi connectivity index (χ3n) is 7.56. The molecule has 2 fully saturated rings. The Balaban J connectivity index is 1.36. The van der Waals surface area contributed by atoms with Crippen LogP contribution in [-0.2, 0) is 11.3 Å². The van der Waals surface area contributed by atoms with E-state index in [2.05, 4.69) is 45.5 Å². The van der Waals surface area contributed by atoms with E-state index in [9.17, 15) is 9.59 Å². The van der Waals surface area contributed by atoms with Crippen LogP contribution in [0.15, 0.2) is 62.8 Å². The van der Waals surface area contributed by atoms with E-state index in [-0.39, 0.29) is 23.2 Å². The number of thiazole rings is 1. The Morgan fingerprint density at radius 1 is 1.09 bits per heavy atom. The zero-order chi connectivity index (χ0) is 22.7. The van der Waals surface area contributed by atoms with Crippen molar-refractivity contribution < 1.29 is 4.79 Å². The molecule has 33 heavy (non-hydrogen) atoms. The van der Waals surface area contributed by atoms with Crippen molar-refractivity contribution in [2.45, 2.75) is 48.9 Å². The molecule has 7 heteroatoms. The predicted octanol–water partition coefficient (Wildman–Crippen LogP) is 6.27. The molecule has 5 atom stereocenters. The maximum Gasteiger partial charge on any atom is 0.308 e. The fourth-order valence-electron chi connectivity index (χ4n) is 6.11. The van der Waals surface area contributed by atoms with E-state index < -0.39 is 0 Å². The molecule has 2 saturated carbocycles. The van der Waals surface area contributed by atoms with Crippen molar-refractivity contribution in [1.29, 1.82) is 0 Å². The normalized spacial score (nSPS) is 27.3. The van der Waals surface area contributed by atoms with Crippen LogP contribution in [0.5, 0.6) is 0 Å². The highest BCUT2D eigenvalue weighted by atomic mass is 79.9. The number of carbonyl (C=O) groups is 1. The standard InChI is InChI=1S/C26H25BrN2O2S2/c1-14-2-10-19(11-3-14)28-20(30)13-29-25-24(33-26(29)31)21(15-6-8-18(27)9-7-15)22-16-4-5-17(12-16)23(22)32-25/h2-3,6-11,16-17,21-23H,4-5,12-13H2,1H3,(H,28,30). The summed E-state index contributed by atoms with van der Waals surface area (Å²) in [4.78, 5) is 27.1. The minimum Gasteiger partial charge on any atom is -0.325 e. The van der Waals surface area contributed by atoms with Crippen LogP contribution in [0, 0.1) is 24.7 Å². The van der Waals surface area contributed by atoms with Crippen molar-refractivity contribution in [3.05, 3.63) is 78.7 Å². The topological polar surface area (TPSA) is 51.1 Å². The lowest BCUT2D eigenvalue weighted by atomic mass is 9.75. The minimum atomic E-state index is -0.155. The van der Waals surface area contributed by atoms with Gasteiger partial charge in [-0.3, -0.25) is 14.2 Å². The average Bonchev–Trinajstić information content (AvgIpc) is 3.49. The fraction of sp³-hybridized carbons (Fsp3) is 0.385. The number of anilines is 1. The fourth-order valence-corrected chi connectivity index (χ4v) is 9.53. The molecule has 1 amide bonds. The lowest BCUT2D eigenvalue weighted by Gasteiger charge is -2.40. The molecule has 0 saturated heterocycles. The minimum absolute atomic E-state index is 0.0269. The molecule has 2 aromatic carbocycles. The van der Waals surface area contributed by atoms with Gasteiger partial charge in [0.05, 0.1) is 5.03 Å². The molecule has 170 valence electrons. The summed E-state index contributed by atoms with van der Waals surface area (Å²) in [7, 11) is 0. The molecule has 2 bridgehead atoms. The molecule has 5 unspecified atom stereocenters. The van der Waals surface area contributed by atoms with Gasteiger partial charge in [-0.1, -0.05) is 57.1 Å². The van der Waals surface area contributed by atoms with Crippen molar-refractivity contribution in [2.24, 2.45) is 17.8 Å². The first-order chi connectivity index (χ1) is 16.0. The summed E-state index contributed by atoms with van der Waals surface area (Å²) in [5.74, 6) is 2.13. The largest absolute Gasteiger partial charge is 0.325 e. The highest BCUT2D eigenvalue weighted by Crippen LogP contribution is 2.64. The highest BCUT2D eigenvalue weighted by molar-refractivity contribution is 9.10. The van der Waals surface area contributed by atoms with E-state index in [1.54, 1.807) is 4.57 Å². The van der Waals surface area contributed by atoms with Gasteiger partial charge in [-0.2, -0.15) is 0 Å². The predicted molar refractivity (Wildman–Crippen MR) is 138 cm³/mol. The van der Waals surface area contributed by atoms with Crippen LogP contribution in [0.3, 0.4) is 0 Å². The second-order valence-corrected chi connectivity index (χ2v) is 12.6. The van der Waals surface area contributed by atoms with E-state index in [0.717, 1.165) is 37.5 Å². The first-order valence-electron chi connectivity index (χ1n) is 11.5. The van der Waals surface area contributed by atoms with Crippen LogP contribution in [-0.4, -0.2) is 15.7 Å². The zero-order valence-electron chi connectivity index (χ0n) is 18.3. The zero-order valence-corrected chi connectivity index (χ0v) is 21.5. The van der Waals surface area contributed by atoms with Crippen LogP contribution in [0.2, 0.25) is 0 Å². The number of nitrogens with zero attached hydrogens (tertiary/aromatic N) is 1. The van der Waals surface area contributed by atoms with Gasteiger partial charge in [0.25, 0.3) is 0 Å². The first-order valence-corrected chi connectivity index (χ1v) is 14.0. The molecule has 6 rings (SSSR count). The number of hydrogen-bond donors (Lipinski definition) is 1. The molecule has 1 aromatic heterocycles. The highest BCUT2D eigenvalue weighted by Gasteiger charge is 2.55. The third kappa shape index (κ3) is 3.82. The molecule has 1 aliphatic heterocycles. The van der Waals surface area contributed by atoms with Crippen LogP contribution in [0.4, 0.5) is 5.69 Å². The Labute approximate surface area is 209 Å². The smallest absolute Gasteiger partial charge is 0.308 e. The number of amides is 1. The molecule has 2 heterocycles. The van der Waals surface area contributed by atoms with Gasteiger partial charge in [0.1, 0.15) is 6.54 Å². The van der Waals surface area contributed by atoms with E-state index in [0.29, 0.717) is 11.2 Å². The van der Waals surface area contributed by atoms with Crippen LogP contribution >= 0.6 is 39.0 Å².